The highest BCUT2D eigenvalue weighted by molar-refractivity contribution is 5.99. The Kier molecular flexibility index (Phi) is 4.78. The van der Waals surface area contributed by atoms with Crippen LogP contribution < -0.4 is 14.9 Å². The molecule has 2 heterocycles. The minimum Gasteiger partial charge on any atom is -0.486 e. The number of hydrogen-bond donors (Lipinski definition) is 1. The van der Waals surface area contributed by atoms with Crippen LogP contribution in [0.4, 0.5) is 0 Å². The third-order valence-electron chi connectivity index (χ3n) is 4.52. The quantitative estimate of drug-likeness (QED) is 0.559. The van der Waals surface area contributed by atoms with Crippen LogP contribution in [0.25, 0.3) is 10.9 Å². The molecule has 0 spiro atoms. The zero-order valence-electron chi connectivity index (χ0n) is 15.1. The molecule has 1 aliphatic heterocycles. The number of fused-ring (bicyclic) bond motifs is 2. The van der Waals surface area contributed by atoms with Crippen LogP contribution in [-0.4, -0.2) is 29.9 Å². The van der Waals surface area contributed by atoms with Crippen LogP contribution in [0.2, 0.25) is 0 Å². The third kappa shape index (κ3) is 3.65. The van der Waals surface area contributed by atoms with Gasteiger partial charge in [-0.1, -0.05) is 24.3 Å². The third-order valence-corrected chi connectivity index (χ3v) is 4.52. The van der Waals surface area contributed by atoms with E-state index >= 15 is 0 Å². The maximum atomic E-state index is 12.2. The van der Waals surface area contributed by atoms with Gasteiger partial charge in [0.05, 0.1) is 12.6 Å². The Morgan fingerprint density at radius 3 is 2.85 bits per heavy atom. The monoisotopic (exact) mass is 363 g/mol. The standard InChI is InChI=1S/C21H21N3O3/c1-2-24-14-16(17-5-3-4-6-18(17)24)13-22-23-21(25)12-15-7-8-19-20(11-15)27-10-9-26-19/h3-8,11,13-14H,2,9-10,12H2,1H3,(H,23,25)/b22-13+. The summed E-state index contributed by atoms with van der Waals surface area (Å²) in [6.07, 6.45) is 3.96. The molecule has 0 saturated heterocycles. The van der Waals surface area contributed by atoms with Gasteiger partial charge in [0.2, 0.25) is 5.91 Å². The fraction of sp³-hybridized carbons (Fsp3) is 0.238. The van der Waals surface area contributed by atoms with Crippen molar-refractivity contribution in [3.05, 3.63) is 59.8 Å². The normalized spacial score (nSPS) is 13.2. The Labute approximate surface area is 157 Å². The summed E-state index contributed by atoms with van der Waals surface area (Å²) in [5, 5.41) is 5.24. The molecule has 0 atom stereocenters. The van der Waals surface area contributed by atoms with Crippen LogP contribution >= 0.6 is 0 Å². The molecule has 0 bridgehead atoms. The summed E-state index contributed by atoms with van der Waals surface area (Å²) in [5.41, 5.74) is 5.59. The number of rotatable bonds is 5. The highest BCUT2D eigenvalue weighted by Crippen LogP contribution is 2.30. The van der Waals surface area contributed by atoms with E-state index in [9.17, 15) is 4.79 Å². The van der Waals surface area contributed by atoms with E-state index in [2.05, 4.69) is 34.2 Å². The summed E-state index contributed by atoms with van der Waals surface area (Å²) in [7, 11) is 0. The number of carbonyl (C=O) groups is 1. The SMILES string of the molecule is CCn1cc(/C=N/NC(=O)Cc2ccc3c(c2)OCCO3)c2ccccc21. The van der Waals surface area contributed by atoms with Crippen molar-refractivity contribution in [1.29, 1.82) is 0 Å². The molecule has 6 heteroatoms. The first-order valence-corrected chi connectivity index (χ1v) is 9.03. The second-order valence-corrected chi connectivity index (χ2v) is 6.34. The van der Waals surface area contributed by atoms with Crippen LogP contribution in [0, 0.1) is 0 Å². The number of benzene rings is 2. The highest BCUT2D eigenvalue weighted by Gasteiger charge is 2.13. The Morgan fingerprint density at radius 2 is 2.00 bits per heavy atom. The van der Waals surface area contributed by atoms with Gasteiger partial charge in [-0.2, -0.15) is 5.10 Å². The summed E-state index contributed by atoms with van der Waals surface area (Å²) in [6.45, 7) is 4.06. The van der Waals surface area contributed by atoms with Gasteiger partial charge < -0.3 is 14.0 Å². The Hall–Kier alpha value is -3.28. The topological polar surface area (TPSA) is 64.9 Å². The van der Waals surface area contributed by atoms with E-state index in [1.165, 1.54) is 0 Å². The predicted molar refractivity (Wildman–Crippen MR) is 104 cm³/mol. The van der Waals surface area contributed by atoms with E-state index in [0.29, 0.717) is 19.0 Å². The number of nitrogens with one attached hydrogen (secondary N) is 1. The van der Waals surface area contributed by atoms with Crippen molar-refractivity contribution >= 4 is 23.0 Å². The maximum absolute atomic E-state index is 12.2. The summed E-state index contributed by atoms with van der Waals surface area (Å²) in [4.78, 5) is 12.2. The molecule has 1 amide bonds. The number of para-hydroxylation sites is 1. The second kappa shape index (κ2) is 7.53. The molecule has 138 valence electrons. The van der Waals surface area contributed by atoms with E-state index in [0.717, 1.165) is 34.3 Å². The van der Waals surface area contributed by atoms with E-state index in [-0.39, 0.29) is 12.3 Å². The van der Waals surface area contributed by atoms with Gasteiger partial charge in [-0.25, -0.2) is 5.43 Å². The molecule has 1 aromatic heterocycles. The van der Waals surface area contributed by atoms with Crippen molar-refractivity contribution in [3.8, 4) is 11.5 Å². The van der Waals surface area contributed by atoms with Gasteiger partial charge in [-0.3, -0.25) is 4.79 Å². The Bertz CT molecular complexity index is 1010. The lowest BCUT2D eigenvalue weighted by atomic mass is 10.1. The number of hydrogen-bond acceptors (Lipinski definition) is 4. The minimum absolute atomic E-state index is 0.179. The molecule has 0 radical (unpaired) electrons. The van der Waals surface area contributed by atoms with E-state index in [4.69, 9.17) is 9.47 Å². The number of amides is 1. The second-order valence-electron chi connectivity index (χ2n) is 6.34. The molecule has 0 aliphatic carbocycles. The molecule has 0 saturated carbocycles. The zero-order valence-corrected chi connectivity index (χ0v) is 15.1. The smallest absolute Gasteiger partial charge is 0.244 e. The average molecular weight is 363 g/mol. The average Bonchev–Trinajstić information content (AvgIpc) is 3.06. The lowest BCUT2D eigenvalue weighted by molar-refractivity contribution is -0.120. The molecular formula is C21H21N3O3. The van der Waals surface area contributed by atoms with Crippen LogP contribution in [-0.2, 0) is 17.8 Å². The van der Waals surface area contributed by atoms with Crippen molar-refractivity contribution in [3.63, 3.8) is 0 Å². The fourth-order valence-electron chi connectivity index (χ4n) is 3.24. The molecule has 6 nitrogen and oxygen atoms in total. The van der Waals surface area contributed by atoms with Gasteiger partial charge in [0, 0.05) is 29.2 Å². The van der Waals surface area contributed by atoms with Gasteiger partial charge in [0.25, 0.3) is 0 Å². The summed E-state index contributed by atoms with van der Waals surface area (Å²) in [6, 6.07) is 13.7. The van der Waals surface area contributed by atoms with E-state index in [1.54, 1.807) is 6.21 Å². The van der Waals surface area contributed by atoms with Crippen LogP contribution in [0.5, 0.6) is 11.5 Å². The molecule has 4 rings (SSSR count). The first kappa shape index (κ1) is 17.1. The fourth-order valence-corrected chi connectivity index (χ4v) is 3.24. The van der Waals surface area contributed by atoms with E-state index in [1.807, 2.05) is 36.5 Å². The first-order chi connectivity index (χ1) is 13.2. The minimum atomic E-state index is -0.179. The molecular weight excluding hydrogens is 342 g/mol. The van der Waals surface area contributed by atoms with Gasteiger partial charge in [0.1, 0.15) is 13.2 Å². The number of ether oxygens (including phenoxy) is 2. The molecule has 3 aromatic rings. The number of aryl methyl sites for hydroxylation is 1. The Morgan fingerprint density at radius 1 is 1.19 bits per heavy atom. The first-order valence-electron chi connectivity index (χ1n) is 9.03. The zero-order chi connectivity index (χ0) is 18.6. The number of carbonyl (C=O) groups excluding carboxylic acids is 1. The summed E-state index contributed by atoms with van der Waals surface area (Å²) >= 11 is 0. The predicted octanol–water partition coefficient (Wildman–Crippen LogP) is 3.13. The highest BCUT2D eigenvalue weighted by atomic mass is 16.6. The molecule has 1 aliphatic rings. The maximum Gasteiger partial charge on any atom is 0.244 e. The van der Waals surface area contributed by atoms with Gasteiger partial charge in [0.15, 0.2) is 11.5 Å². The van der Waals surface area contributed by atoms with Crippen molar-refractivity contribution in [2.45, 2.75) is 19.9 Å². The Balaban J connectivity index is 1.42. The largest absolute Gasteiger partial charge is 0.486 e. The van der Waals surface area contributed by atoms with Gasteiger partial charge in [-0.15, -0.1) is 0 Å². The molecule has 0 unspecified atom stereocenters. The number of nitrogens with zero attached hydrogens (tertiary/aromatic N) is 2. The van der Waals surface area contributed by atoms with Crippen molar-refractivity contribution in [2.75, 3.05) is 13.2 Å². The lowest BCUT2D eigenvalue weighted by Gasteiger charge is -2.18. The molecule has 0 fully saturated rings. The van der Waals surface area contributed by atoms with E-state index < -0.39 is 0 Å². The van der Waals surface area contributed by atoms with Crippen molar-refractivity contribution in [1.82, 2.24) is 9.99 Å². The molecule has 2 aromatic carbocycles. The number of aromatic nitrogens is 1. The number of hydrazone groups is 1. The van der Waals surface area contributed by atoms with Crippen molar-refractivity contribution in [2.24, 2.45) is 5.10 Å². The van der Waals surface area contributed by atoms with Crippen LogP contribution in [0.3, 0.4) is 0 Å². The molecule has 1 N–H and O–H groups in total. The molecule has 27 heavy (non-hydrogen) atoms. The summed E-state index contributed by atoms with van der Waals surface area (Å²) in [5.74, 6) is 1.22. The van der Waals surface area contributed by atoms with Crippen LogP contribution in [0.15, 0.2) is 53.8 Å². The lowest BCUT2D eigenvalue weighted by Crippen LogP contribution is -2.20. The van der Waals surface area contributed by atoms with Crippen molar-refractivity contribution < 1.29 is 14.3 Å². The summed E-state index contributed by atoms with van der Waals surface area (Å²) < 4.78 is 13.2. The van der Waals surface area contributed by atoms with Crippen LogP contribution in [0.1, 0.15) is 18.1 Å². The van der Waals surface area contributed by atoms with Gasteiger partial charge >= 0.3 is 0 Å². The van der Waals surface area contributed by atoms with Gasteiger partial charge in [-0.05, 0) is 30.7 Å².